The molecule has 1 aromatic carbocycles. The van der Waals surface area contributed by atoms with Crippen LogP contribution in [0.15, 0.2) is 24.3 Å². The Morgan fingerprint density at radius 3 is 1.15 bits per heavy atom. The molecule has 0 unspecified atom stereocenters. The highest BCUT2D eigenvalue weighted by molar-refractivity contribution is 6.15. The van der Waals surface area contributed by atoms with Gasteiger partial charge in [0, 0.05) is 50.3 Å². The molecule has 0 bridgehead atoms. The summed E-state index contributed by atoms with van der Waals surface area (Å²) in [6.45, 7) is 4.27. The number of amides is 2. The summed E-state index contributed by atoms with van der Waals surface area (Å²) < 4.78 is 0. The van der Waals surface area contributed by atoms with Crippen molar-refractivity contribution < 1.29 is 9.59 Å². The summed E-state index contributed by atoms with van der Waals surface area (Å²) in [5.41, 5.74) is 1.94. The quantitative estimate of drug-likeness (QED) is 0.374. The Labute approximate surface area is 248 Å². The number of para-hydroxylation sites is 2. The number of carbonyl (C=O) groups is 2. The van der Waals surface area contributed by atoms with Crippen molar-refractivity contribution in [1.29, 1.82) is 0 Å². The van der Waals surface area contributed by atoms with E-state index < -0.39 is 0 Å². The van der Waals surface area contributed by atoms with Crippen LogP contribution in [0.5, 0.6) is 0 Å². The third-order valence-corrected chi connectivity index (χ3v) is 11.2. The minimum absolute atomic E-state index is 0.000356. The van der Waals surface area contributed by atoms with E-state index in [4.69, 9.17) is 0 Å². The van der Waals surface area contributed by atoms with E-state index in [1.165, 1.54) is 89.9 Å². The van der Waals surface area contributed by atoms with Crippen molar-refractivity contribution in [2.75, 3.05) is 36.0 Å². The van der Waals surface area contributed by atoms with E-state index in [0.717, 1.165) is 63.2 Å². The number of likely N-dealkylation sites (tertiary alicyclic amines) is 2. The van der Waals surface area contributed by atoms with E-state index >= 15 is 0 Å². The van der Waals surface area contributed by atoms with Gasteiger partial charge in [0.15, 0.2) is 0 Å². The number of anilines is 2. The first-order valence-electron chi connectivity index (χ1n) is 17.4. The lowest BCUT2D eigenvalue weighted by Gasteiger charge is -2.43. The first kappa shape index (κ1) is 29.2. The Morgan fingerprint density at radius 1 is 0.439 bits per heavy atom. The van der Waals surface area contributed by atoms with E-state index in [9.17, 15) is 9.59 Å². The molecule has 41 heavy (non-hydrogen) atoms. The molecule has 0 radical (unpaired) electrons. The zero-order chi connectivity index (χ0) is 28.0. The number of rotatable bonds is 4. The van der Waals surface area contributed by atoms with Gasteiger partial charge in [-0.2, -0.15) is 0 Å². The summed E-state index contributed by atoms with van der Waals surface area (Å²) >= 11 is 0. The molecule has 226 valence electrons. The van der Waals surface area contributed by atoms with E-state index in [-0.39, 0.29) is 30.3 Å². The van der Waals surface area contributed by atoms with Gasteiger partial charge < -0.3 is 19.6 Å². The maximum Gasteiger partial charge on any atom is 0.236 e. The minimum atomic E-state index is 0.000356. The Bertz CT molecular complexity index is 918. The number of piperidine rings is 2. The number of nitrogens with zero attached hydrogens (tertiary/aromatic N) is 4. The fourth-order valence-corrected chi connectivity index (χ4v) is 8.86. The van der Waals surface area contributed by atoms with Gasteiger partial charge in [0.1, 0.15) is 6.42 Å². The Morgan fingerprint density at radius 2 is 0.780 bits per heavy atom. The lowest BCUT2D eigenvalue weighted by molar-refractivity contribution is -0.126. The van der Waals surface area contributed by atoms with Crippen LogP contribution in [0.4, 0.5) is 11.4 Å². The summed E-state index contributed by atoms with van der Waals surface area (Å²) in [5, 5.41) is 0. The van der Waals surface area contributed by atoms with Crippen molar-refractivity contribution in [2.24, 2.45) is 0 Å². The van der Waals surface area contributed by atoms with Gasteiger partial charge in [-0.05, 0) is 63.5 Å². The van der Waals surface area contributed by atoms with Gasteiger partial charge in [0.25, 0.3) is 0 Å². The summed E-state index contributed by atoms with van der Waals surface area (Å²) in [7, 11) is 0. The molecule has 6 rings (SSSR count). The van der Waals surface area contributed by atoms with Gasteiger partial charge >= 0.3 is 0 Å². The molecule has 3 aliphatic heterocycles. The number of benzene rings is 1. The van der Waals surface area contributed by atoms with Crippen LogP contribution < -0.4 is 9.80 Å². The molecule has 0 aromatic heterocycles. The third kappa shape index (κ3) is 6.85. The molecule has 5 aliphatic rings. The average Bonchev–Trinajstić information content (AvgIpc) is 3.06. The highest BCUT2D eigenvalue weighted by Crippen LogP contribution is 2.39. The van der Waals surface area contributed by atoms with Gasteiger partial charge in [0.05, 0.1) is 11.4 Å². The Kier molecular flexibility index (Phi) is 9.98. The summed E-state index contributed by atoms with van der Waals surface area (Å²) in [5.74, 6) is 0.00243. The number of fused-ring (bicyclic) bond motifs is 1. The first-order chi connectivity index (χ1) is 20.2. The lowest BCUT2D eigenvalue weighted by atomic mass is 9.92. The third-order valence-electron chi connectivity index (χ3n) is 11.2. The summed E-state index contributed by atoms with van der Waals surface area (Å²) in [6.07, 6.45) is 23.1. The van der Waals surface area contributed by atoms with Crippen molar-refractivity contribution in [3.8, 4) is 0 Å². The molecule has 2 saturated carbocycles. The molecule has 0 spiro atoms. The maximum absolute atomic E-state index is 13.8. The zero-order valence-electron chi connectivity index (χ0n) is 25.5. The lowest BCUT2D eigenvalue weighted by Crippen LogP contribution is -2.50. The SMILES string of the molecule is O=C1CC(=O)N(C2CCN(C3CCCCCCC3)CC2)c2ccccc2N1C1CCN(C2CCCCCCC2)CC1. The second-order valence-electron chi connectivity index (χ2n) is 13.7. The molecule has 4 fully saturated rings. The largest absolute Gasteiger partial charge is 0.307 e. The molecule has 3 heterocycles. The van der Waals surface area contributed by atoms with Crippen LogP contribution in [0.3, 0.4) is 0 Å². The predicted molar refractivity (Wildman–Crippen MR) is 167 cm³/mol. The smallest absolute Gasteiger partial charge is 0.236 e. The second kappa shape index (κ2) is 14.0. The molecule has 0 atom stereocenters. The van der Waals surface area contributed by atoms with Crippen LogP contribution in [-0.2, 0) is 9.59 Å². The summed E-state index contributed by atoms with van der Waals surface area (Å²) in [6, 6.07) is 10.1. The van der Waals surface area contributed by atoms with Gasteiger partial charge in [-0.3, -0.25) is 9.59 Å². The van der Waals surface area contributed by atoms with Gasteiger partial charge in [-0.1, -0.05) is 76.3 Å². The van der Waals surface area contributed by atoms with Crippen molar-refractivity contribution >= 4 is 23.2 Å². The van der Waals surface area contributed by atoms with E-state index in [1.54, 1.807) is 0 Å². The minimum Gasteiger partial charge on any atom is -0.307 e. The molecular formula is C35H54N4O2. The van der Waals surface area contributed by atoms with Crippen molar-refractivity contribution in [3.63, 3.8) is 0 Å². The number of carbonyl (C=O) groups excluding carboxylic acids is 2. The van der Waals surface area contributed by atoms with Crippen LogP contribution in [0.1, 0.15) is 122 Å². The van der Waals surface area contributed by atoms with E-state index in [2.05, 4.69) is 21.9 Å². The topological polar surface area (TPSA) is 47.1 Å². The zero-order valence-corrected chi connectivity index (χ0v) is 25.5. The second-order valence-corrected chi connectivity index (χ2v) is 13.7. The average molecular weight is 563 g/mol. The Hall–Kier alpha value is -1.92. The molecule has 0 N–H and O–H groups in total. The fourth-order valence-electron chi connectivity index (χ4n) is 8.86. The normalized spacial score (nSPS) is 26.6. The standard InChI is InChI=1S/C35H54N4O2/c40-34-27-35(41)39(31-21-25-37(26-22-31)29-15-9-5-2-6-10-16-29)33-18-12-11-17-32(33)38(34)30-19-23-36(24-20-30)28-13-7-3-1-4-8-14-28/h11-12,17-18,28-31H,1-10,13-16,19-27H2. The molecular weight excluding hydrogens is 508 g/mol. The van der Waals surface area contributed by atoms with Gasteiger partial charge in [-0.15, -0.1) is 0 Å². The highest BCUT2D eigenvalue weighted by atomic mass is 16.2. The van der Waals surface area contributed by atoms with E-state index in [0.29, 0.717) is 12.1 Å². The van der Waals surface area contributed by atoms with Crippen LogP contribution in [0.2, 0.25) is 0 Å². The van der Waals surface area contributed by atoms with Crippen molar-refractivity contribution in [2.45, 2.75) is 146 Å². The van der Waals surface area contributed by atoms with Crippen LogP contribution in [0, 0.1) is 0 Å². The van der Waals surface area contributed by atoms with Crippen molar-refractivity contribution in [3.05, 3.63) is 24.3 Å². The number of hydrogen-bond donors (Lipinski definition) is 0. The molecule has 1 aromatic rings. The molecule has 2 aliphatic carbocycles. The monoisotopic (exact) mass is 562 g/mol. The predicted octanol–water partition coefficient (Wildman–Crippen LogP) is 6.91. The number of hydrogen-bond acceptors (Lipinski definition) is 4. The molecule has 6 nitrogen and oxygen atoms in total. The van der Waals surface area contributed by atoms with Gasteiger partial charge in [-0.25, -0.2) is 0 Å². The van der Waals surface area contributed by atoms with Gasteiger partial charge in [0.2, 0.25) is 11.8 Å². The Balaban J connectivity index is 1.14. The maximum atomic E-state index is 13.8. The summed E-state index contributed by atoms with van der Waals surface area (Å²) in [4.78, 5) is 37.1. The van der Waals surface area contributed by atoms with E-state index in [1.807, 2.05) is 21.9 Å². The van der Waals surface area contributed by atoms with Crippen LogP contribution in [-0.4, -0.2) is 72.0 Å². The molecule has 6 heteroatoms. The van der Waals surface area contributed by atoms with Crippen molar-refractivity contribution in [1.82, 2.24) is 9.80 Å². The fraction of sp³-hybridized carbons (Fsp3) is 0.771. The molecule has 2 saturated heterocycles. The first-order valence-corrected chi connectivity index (χ1v) is 17.4. The highest BCUT2D eigenvalue weighted by Gasteiger charge is 2.40. The molecule has 2 amide bonds. The van der Waals surface area contributed by atoms with Crippen LogP contribution in [0.25, 0.3) is 0 Å². The van der Waals surface area contributed by atoms with Crippen LogP contribution >= 0.6 is 0 Å².